The molecule has 0 aromatic heterocycles. The van der Waals surface area contributed by atoms with Crippen LogP contribution in [-0.2, 0) is 34.2 Å². The molecule has 0 aliphatic rings. The van der Waals surface area contributed by atoms with Crippen LogP contribution in [0.1, 0.15) is 52.7 Å². The van der Waals surface area contributed by atoms with Gasteiger partial charge in [-0.15, -0.1) is 0 Å². The molecule has 0 bridgehead atoms. The Morgan fingerprint density at radius 2 is 1.05 bits per heavy atom. The molecule has 0 fully saturated rings. The first kappa shape index (κ1) is 21.8. The number of hydrogen-bond acceptors (Lipinski definition) is 0. The monoisotopic (exact) mass is 390 g/mol. The first-order valence-corrected chi connectivity index (χ1v) is 14.1. The fourth-order valence-electron chi connectivity index (χ4n) is 1.75. The van der Waals surface area contributed by atoms with Gasteiger partial charge in [-0.1, -0.05) is 52.4 Å². The van der Waals surface area contributed by atoms with Gasteiger partial charge in [-0.3, -0.25) is 0 Å². The first-order chi connectivity index (χ1) is 9.94. The van der Waals surface area contributed by atoms with Crippen LogP contribution in [-0.4, -0.2) is 5.43 Å². The molecular weight excluding hydrogens is 360 g/mol. The molecule has 0 spiro atoms. The van der Waals surface area contributed by atoms with E-state index in [4.69, 9.17) is 0 Å². The van der Waals surface area contributed by atoms with E-state index in [0.29, 0.717) is 10.8 Å². The molecule has 2 heteroatoms. The molecular formula is C20H32SiZr. The van der Waals surface area contributed by atoms with Crippen molar-refractivity contribution in [2.24, 2.45) is 0 Å². The van der Waals surface area contributed by atoms with Crippen molar-refractivity contribution >= 4 is 5.43 Å². The van der Waals surface area contributed by atoms with Gasteiger partial charge in [-0.05, 0) is 0 Å². The maximum atomic E-state index is 2.31. The van der Waals surface area contributed by atoms with E-state index < -0.39 is 0 Å². The van der Waals surface area contributed by atoms with Crippen LogP contribution in [0.25, 0.3) is 0 Å². The predicted octanol–water partition coefficient (Wildman–Crippen LogP) is 6.19. The van der Waals surface area contributed by atoms with Gasteiger partial charge in [0.05, 0.1) is 0 Å². The molecule has 0 heterocycles. The van der Waals surface area contributed by atoms with E-state index in [9.17, 15) is 0 Å². The van der Waals surface area contributed by atoms with Crippen molar-refractivity contribution in [3.05, 3.63) is 59.7 Å². The number of rotatable bonds is 0. The van der Waals surface area contributed by atoms with Crippen LogP contribution >= 0.6 is 0 Å². The molecule has 0 unspecified atom stereocenters. The Bertz CT molecular complexity index is 457. The minimum absolute atomic E-state index is 0.210. The van der Waals surface area contributed by atoms with E-state index in [1.54, 1.807) is 23.3 Å². The Morgan fingerprint density at radius 3 is 1.14 bits per heavy atom. The summed E-state index contributed by atoms with van der Waals surface area (Å²) in [5, 5.41) is 0. The average Bonchev–Trinajstić information content (AvgIpc) is 3.02. The summed E-state index contributed by atoms with van der Waals surface area (Å²) in [6.45, 7) is 18.0. The van der Waals surface area contributed by atoms with Crippen LogP contribution in [0.3, 0.4) is 0 Å². The molecule has 0 nitrogen and oxygen atoms in total. The summed E-state index contributed by atoms with van der Waals surface area (Å²) in [4.78, 5) is 0. The second-order valence-corrected chi connectivity index (χ2v) is 17.2. The molecule has 0 aliphatic carbocycles. The Kier molecular flexibility index (Phi) is 9.74. The third-order valence-corrected chi connectivity index (χ3v) is 3.06. The van der Waals surface area contributed by atoms with Crippen molar-refractivity contribution in [2.45, 2.75) is 65.5 Å². The molecule has 0 atom stereocenters. The topological polar surface area (TPSA) is 0 Å². The van der Waals surface area contributed by atoms with E-state index in [-0.39, 0.29) is 5.43 Å². The molecule has 0 amide bonds. The van der Waals surface area contributed by atoms with Gasteiger partial charge in [-0.2, -0.15) is 47.5 Å². The van der Waals surface area contributed by atoms with E-state index in [0.717, 1.165) is 0 Å². The van der Waals surface area contributed by atoms with Crippen LogP contribution < -0.4 is 0 Å². The van der Waals surface area contributed by atoms with E-state index >= 15 is 0 Å². The Labute approximate surface area is 153 Å². The van der Waals surface area contributed by atoms with Crippen LogP contribution in [0, 0.1) is 0 Å². The molecule has 2 aromatic carbocycles. The summed E-state index contributed by atoms with van der Waals surface area (Å²) in [5.41, 5.74) is 3.69. The first-order valence-electron chi connectivity index (χ1n) is 7.90. The van der Waals surface area contributed by atoms with Crippen LogP contribution in [0.5, 0.6) is 0 Å². The van der Waals surface area contributed by atoms with Crippen LogP contribution in [0.2, 0.25) is 13.1 Å². The summed E-state index contributed by atoms with van der Waals surface area (Å²) in [6, 6.07) is 17.0. The summed E-state index contributed by atoms with van der Waals surface area (Å²) in [5.74, 6) is 0. The second kappa shape index (κ2) is 9.83. The van der Waals surface area contributed by atoms with Crippen LogP contribution in [0.15, 0.2) is 48.5 Å². The van der Waals surface area contributed by atoms with Crippen molar-refractivity contribution in [2.75, 3.05) is 0 Å². The van der Waals surface area contributed by atoms with Crippen molar-refractivity contribution in [1.82, 2.24) is 0 Å². The van der Waals surface area contributed by atoms with Gasteiger partial charge in [0.15, 0.2) is 0 Å². The summed E-state index contributed by atoms with van der Waals surface area (Å²) >= 11 is 1.74. The zero-order valence-corrected chi connectivity index (χ0v) is 19.1. The van der Waals surface area contributed by atoms with E-state index in [1.807, 2.05) is 0 Å². The minimum atomic E-state index is 0.210. The molecule has 0 saturated heterocycles. The zero-order valence-electron chi connectivity index (χ0n) is 15.6. The van der Waals surface area contributed by atoms with Crippen molar-refractivity contribution in [3.8, 4) is 0 Å². The third kappa shape index (κ3) is 10.5. The predicted molar refractivity (Wildman–Crippen MR) is 99.0 cm³/mol. The van der Waals surface area contributed by atoms with Crippen molar-refractivity contribution in [3.63, 3.8) is 0 Å². The van der Waals surface area contributed by atoms with Gasteiger partial charge >= 0.3 is 41.9 Å². The third-order valence-electron chi connectivity index (χ3n) is 3.06. The summed E-state index contributed by atoms with van der Waals surface area (Å²) in [7, 11) is 0. The molecule has 0 N–H and O–H groups in total. The number of hydrogen-bond donors (Lipinski definition) is 0. The fourth-order valence-corrected chi connectivity index (χ4v) is 1.75. The van der Waals surface area contributed by atoms with Gasteiger partial charge in [0.1, 0.15) is 0 Å². The van der Waals surface area contributed by atoms with Gasteiger partial charge < -0.3 is 0 Å². The Morgan fingerprint density at radius 1 is 0.773 bits per heavy atom. The Balaban J connectivity index is 0.000000326. The molecule has 0 radical (unpaired) electrons. The van der Waals surface area contributed by atoms with E-state index in [2.05, 4.69) is 103 Å². The molecule has 2 aromatic rings. The normalized spacial score (nSPS) is 11.0. The van der Waals surface area contributed by atoms with Crippen molar-refractivity contribution in [1.29, 1.82) is 0 Å². The summed E-state index contributed by atoms with van der Waals surface area (Å²) in [6.07, 6.45) is 0. The van der Waals surface area contributed by atoms with Gasteiger partial charge in [0.2, 0.25) is 0 Å². The molecule has 0 saturated carbocycles. The average molecular weight is 392 g/mol. The maximum absolute atomic E-state index is 2.31. The van der Waals surface area contributed by atoms with E-state index in [1.165, 1.54) is 11.1 Å². The summed E-state index contributed by atoms with van der Waals surface area (Å²) < 4.78 is 0. The fraction of sp³-hybridized carbons (Fsp3) is 0.500. The van der Waals surface area contributed by atoms with Crippen molar-refractivity contribution < 1.29 is 23.3 Å². The molecule has 0 aliphatic heterocycles. The molecule has 22 heavy (non-hydrogen) atoms. The SMILES string of the molecule is CC(C)(C)c1cc[cH-]c1.CC(C)(C)c1cc[cH-]c1.C[Si](C)=[Zr+2]. The molecule has 120 valence electrons. The molecule has 2 rings (SSSR count). The van der Waals surface area contributed by atoms with Gasteiger partial charge in [-0.25, -0.2) is 12.1 Å². The quantitative estimate of drug-likeness (QED) is 0.371. The van der Waals surface area contributed by atoms with Gasteiger partial charge in [0.25, 0.3) is 0 Å². The Hall–Kier alpha value is -0.200. The standard InChI is InChI=1S/2C9H13.C2H6Si.Zr/c2*1-9(2,3)8-6-4-5-7-8;1-3-2;/h2*4-7H,1-3H3;1-2H3;/q2*-1;;+2. The van der Waals surface area contributed by atoms with Crippen LogP contribution in [0.4, 0.5) is 0 Å². The second-order valence-electron chi connectivity index (χ2n) is 7.85. The van der Waals surface area contributed by atoms with Gasteiger partial charge in [0, 0.05) is 0 Å². The zero-order chi connectivity index (χ0) is 17.4.